The van der Waals surface area contributed by atoms with Crippen LogP contribution in [-0.2, 0) is 4.74 Å². The molecule has 1 heterocycles. The van der Waals surface area contributed by atoms with E-state index in [1.165, 1.54) is 6.07 Å². The lowest BCUT2D eigenvalue weighted by Gasteiger charge is -2.37. The molecule has 94 valence electrons. The van der Waals surface area contributed by atoms with Crippen LogP contribution in [0.5, 0.6) is 0 Å². The van der Waals surface area contributed by atoms with Crippen LogP contribution in [-0.4, -0.2) is 31.8 Å². The molecule has 1 aliphatic heterocycles. The van der Waals surface area contributed by atoms with E-state index in [0.717, 1.165) is 6.07 Å². The minimum absolute atomic E-state index is 0.0328. The monoisotopic (exact) mass is 242 g/mol. The second kappa shape index (κ2) is 4.98. The number of rotatable bonds is 2. The highest BCUT2D eigenvalue weighted by Gasteiger charge is 2.24. The molecule has 1 saturated heterocycles. The topological polar surface area (TPSA) is 38.5 Å². The highest BCUT2D eigenvalue weighted by atomic mass is 19.2. The molecule has 2 N–H and O–H groups in total. The summed E-state index contributed by atoms with van der Waals surface area (Å²) in [7, 11) is 0. The van der Waals surface area contributed by atoms with Gasteiger partial charge in [-0.15, -0.1) is 0 Å². The maximum atomic E-state index is 13.2. The zero-order valence-electron chi connectivity index (χ0n) is 9.70. The fourth-order valence-electron chi connectivity index (χ4n) is 2.07. The molecule has 0 amide bonds. The smallest absolute Gasteiger partial charge is 0.160 e. The van der Waals surface area contributed by atoms with Gasteiger partial charge in [-0.1, -0.05) is 0 Å². The lowest BCUT2D eigenvalue weighted by atomic mass is 10.2. The summed E-state index contributed by atoms with van der Waals surface area (Å²) < 4.78 is 31.6. The Kier molecular flexibility index (Phi) is 3.59. The molecule has 5 heteroatoms. The van der Waals surface area contributed by atoms with Crippen LogP contribution in [0, 0.1) is 11.6 Å². The molecule has 17 heavy (non-hydrogen) atoms. The van der Waals surface area contributed by atoms with Crippen molar-refractivity contribution in [3.8, 4) is 0 Å². The average molecular weight is 242 g/mol. The first-order valence-corrected chi connectivity index (χ1v) is 5.65. The number of ether oxygens (including phenoxy) is 1. The predicted molar refractivity (Wildman–Crippen MR) is 62.0 cm³/mol. The Bertz CT molecular complexity index is 400. The van der Waals surface area contributed by atoms with E-state index >= 15 is 0 Å². The second-order valence-electron chi connectivity index (χ2n) is 4.31. The first-order chi connectivity index (χ1) is 8.10. The van der Waals surface area contributed by atoms with E-state index in [1.807, 2.05) is 11.8 Å². The summed E-state index contributed by atoms with van der Waals surface area (Å²) in [5.41, 5.74) is 6.24. The minimum Gasteiger partial charge on any atom is -0.370 e. The van der Waals surface area contributed by atoms with Gasteiger partial charge in [-0.3, -0.25) is 0 Å². The molecule has 0 aromatic heterocycles. The zero-order valence-corrected chi connectivity index (χ0v) is 9.70. The van der Waals surface area contributed by atoms with Crippen molar-refractivity contribution in [3.05, 3.63) is 29.8 Å². The maximum absolute atomic E-state index is 13.2. The summed E-state index contributed by atoms with van der Waals surface area (Å²) in [6.07, 6.45) is -0.0303. The van der Waals surface area contributed by atoms with Crippen molar-refractivity contribution in [1.29, 1.82) is 0 Å². The molecule has 2 rings (SSSR count). The summed E-state index contributed by atoms with van der Waals surface area (Å²) in [4.78, 5) is 1.97. The van der Waals surface area contributed by atoms with E-state index in [-0.39, 0.29) is 12.2 Å². The Labute approximate surface area is 99.2 Å². The third-order valence-corrected chi connectivity index (χ3v) is 2.86. The van der Waals surface area contributed by atoms with Gasteiger partial charge in [0.15, 0.2) is 11.6 Å². The van der Waals surface area contributed by atoms with Gasteiger partial charge in [-0.2, -0.15) is 0 Å². The first-order valence-electron chi connectivity index (χ1n) is 5.65. The van der Waals surface area contributed by atoms with Crippen molar-refractivity contribution >= 4 is 5.69 Å². The van der Waals surface area contributed by atoms with Gasteiger partial charge in [0.2, 0.25) is 0 Å². The van der Waals surface area contributed by atoms with Crippen molar-refractivity contribution in [2.45, 2.75) is 19.1 Å². The standard InChI is InChI=1S/C12H16F2N2O/c1-8-6-16(7-10(5-15)17-8)9-2-3-11(13)12(14)4-9/h2-4,8,10H,5-7,15H2,1H3. The van der Waals surface area contributed by atoms with E-state index in [2.05, 4.69) is 0 Å². The molecule has 1 fully saturated rings. The van der Waals surface area contributed by atoms with Crippen LogP contribution in [0.15, 0.2) is 18.2 Å². The van der Waals surface area contributed by atoms with Crippen molar-refractivity contribution < 1.29 is 13.5 Å². The van der Waals surface area contributed by atoms with Crippen LogP contribution in [0.3, 0.4) is 0 Å². The van der Waals surface area contributed by atoms with Gasteiger partial charge >= 0.3 is 0 Å². The van der Waals surface area contributed by atoms with E-state index in [9.17, 15) is 8.78 Å². The van der Waals surface area contributed by atoms with Crippen molar-refractivity contribution in [2.75, 3.05) is 24.5 Å². The van der Waals surface area contributed by atoms with Crippen LogP contribution in [0.2, 0.25) is 0 Å². The molecule has 0 saturated carbocycles. The van der Waals surface area contributed by atoms with Gasteiger partial charge in [0.05, 0.1) is 12.2 Å². The average Bonchev–Trinajstić information content (AvgIpc) is 2.32. The van der Waals surface area contributed by atoms with Crippen LogP contribution >= 0.6 is 0 Å². The molecule has 1 aromatic carbocycles. The number of morpholine rings is 1. The molecule has 1 aliphatic rings. The first kappa shape index (κ1) is 12.3. The van der Waals surface area contributed by atoms with Crippen molar-refractivity contribution in [1.82, 2.24) is 0 Å². The Hall–Kier alpha value is -1.20. The Morgan fingerprint density at radius 1 is 1.35 bits per heavy atom. The van der Waals surface area contributed by atoms with Gasteiger partial charge < -0.3 is 15.4 Å². The van der Waals surface area contributed by atoms with Crippen molar-refractivity contribution in [2.24, 2.45) is 5.73 Å². The predicted octanol–water partition coefficient (Wildman–Crippen LogP) is 1.52. The summed E-state index contributed by atoms with van der Waals surface area (Å²) in [6.45, 7) is 3.62. The third kappa shape index (κ3) is 2.73. The second-order valence-corrected chi connectivity index (χ2v) is 4.31. The molecule has 0 spiro atoms. The summed E-state index contributed by atoms with van der Waals surface area (Å²) >= 11 is 0. The molecule has 0 bridgehead atoms. The van der Waals surface area contributed by atoms with E-state index in [4.69, 9.17) is 10.5 Å². The fourth-order valence-corrected chi connectivity index (χ4v) is 2.07. The number of hydrogen-bond acceptors (Lipinski definition) is 3. The molecule has 1 aromatic rings. The van der Waals surface area contributed by atoms with Crippen LogP contribution in [0.4, 0.5) is 14.5 Å². The van der Waals surface area contributed by atoms with E-state index in [0.29, 0.717) is 25.3 Å². The normalized spacial score (nSPS) is 25.1. The highest BCUT2D eigenvalue weighted by molar-refractivity contribution is 5.47. The Morgan fingerprint density at radius 3 is 2.76 bits per heavy atom. The van der Waals surface area contributed by atoms with Gasteiger partial charge in [0.1, 0.15) is 0 Å². The Balaban J connectivity index is 2.17. The molecule has 2 unspecified atom stereocenters. The lowest BCUT2D eigenvalue weighted by Crippen LogP contribution is -2.49. The molecule has 0 radical (unpaired) electrons. The van der Waals surface area contributed by atoms with Crippen LogP contribution < -0.4 is 10.6 Å². The molecule has 0 aliphatic carbocycles. The minimum atomic E-state index is -0.828. The quantitative estimate of drug-likeness (QED) is 0.854. The van der Waals surface area contributed by atoms with Crippen molar-refractivity contribution in [3.63, 3.8) is 0 Å². The highest BCUT2D eigenvalue weighted by Crippen LogP contribution is 2.22. The SMILES string of the molecule is CC1CN(c2ccc(F)c(F)c2)CC(CN)O1. The summed E-state index contributed by atoms with van der Waals surface area (Å²) in [5.74, 6) is -1.66. The number of nitrogens with two attached hydrogens (primary N) is 1. The molecule has 2 atom stereocenters. The third-order valence-electron chi connectivity index (χ3n) is 2.86. The van der Waals surface area contributed by atoms with Crippen LogP contribution in [0.1, 0.15) is 6.92 Å². The largest absolute Gasteiger partial charge is 0.370 e. The van der Waals surface area contributed by atoms with Gasteiger partial charge in [0.25, 0.3) is 0 Å². The van der Waals surface area contributed by atoms with Gasteiger partial charge in [0, 0.05) is 31.4 Å². The summed E-state index contributed by atoms with van der Waals surface area (Å²) in [6, 6.07) is 3.92. The number of nitrogens with zero attached hydrogens (tertiary/aromatic N) is 1. The fraction of sp³-hybridized carbons (Fsp3) is 0.500. The van der Waals surface area contributed by atoms with E-state index < -0.39 is 11.6 Å². The number of hydrogen-bond donors (Lipinski definition) is 1. The molecular formula is C12H16F2N2O. The van der Waals surface area contributed by atoms with Gasteiger partial charge in [-0.25, -0.2) is 8.78 Å². The number of anilines is 1. The number of benzene rings is 1. The van der Waals surface area contributed by atoms with Gasteiger partial charge in [-0.05, 0) is 19.1 Å². The van der Waals surface area contributed by atoms with E-state index in [1.54, 1.807) is 6.07 Å². The molecule has 3 nitrogen and oxygen atoms in total. The Morgan fingerprint density at radius 2 is 2.12 bits per heavy atom. The zero-order chi connectivity index (χ0) is 12.4. The number of halogens is 2. The lowest BCUT2D eigenvalue weighted by molar-refractivity contribution is -0.0104. The summed E-state index contributed by atoms with van der Waals surface area (Å²) in [5, 5.41) is 0. The van der Waals surface area contributed by atoms with Crippen LogP contribution in [0.25, 0.3) is 0 Å². The molecular weight excluding hydrogens is 226 g/mol. The maximum Gasteiger partial charge on any atom is 0.160 e.